The molecule has 2 N–H and O–H groups in total. The molecule has 0 saturated heterocycles. The van der Waals surface area contributed by atoms with Crippen LogP contribution < -0.4 is 10.6 Å². The minimum Gasteiger partial charge on any atom is -0.375 e. The Labute approximate surface area is 105 Å². The van der Waals surface area contributed by atoms with Crippen LogP contribution in [0.25, 0.3) is 11.1 Å². The van der Waals surface area contributed by atoms with Crippen molar-refractivity contribution in [2.24, 2.45) is 5.73 Å². The lowest BCUT2D eigenvalue weighted by atomic mass is 10.0. The summed E-state index contributed by atoms with van der Waals surface area (Å²) in [6.07, 6.45) is 5.03. The van der Waals surface area contributed by atoms with E-state index < -0.39 is 5.91 Å². The molecule has 0 aliphatic carbocycles. The van der Waals surface area contributed by atoms with Gasteiger partial charge < -0.3 is 10.6 Å². The van der Waals surface area contributed by atoms with Gasteiger partial charge in [-0.15, -0.1) is 0 Å². The maximum atomic E-state index is 11.4. The van der Waals surface area contributed by atoms with Gasteiger partial charge in [0.2, 0.25) is 0 Å². The number of carbonyl (C=O) groups is 1. The maximum Gasteiger partial charge on any atom is 0.269 e. The van der Waals surface area contributed by atoms with E-state index in [1.54, 1.807) is 18.6 Å². The van der Waals surface area contributed by atoms with E-state index in [9.17, 15) is 4.79 Å². The first-order chi connectivity index (χ1) is 8.61. The quantitative estimate of drug-likeness (QED) is 0.880. The van der Waals surface area contributed by atoms with Gasteiger partial charge in [0.05, 0.1) is 5.69 Å². The Morgan fingerprint density at radius 3 is 2.61 bits per heavy atom. The zero-order valence-electron chi connectivity index (χ0n) is 10.3. The lowest BCUT2D eigenvalue weighted by Crippen LogP contribution is -2.21. The van der Waals surface area contributed by atoms with Gasteiger partial charge >= 0.3 is 0 Å². The van der Waals surface area contributed by atoms with Gasteiger partial charge in [-0.2, -0.15) is 0 Å². The first-order valence-electron chi connectivity index (χ1n) is 5.48. The molecule has 2 aromatic rings. The predicted molar refractivity (Wildman–Crippen MR) is 70.3 cm³/mol. The van der Waals surface area contributed by atoms with Crippen molar-refractivity contribution in [3.63, 3.8) is 0 Å². The van der Waals surface area contributed by atoms with E-state index in [2.05, 4.69) is 9.97 Å². The fourth-order valence-electron chi connectivity index (χ4n) is 1.84. The summed E-state index contributed by atoms with van der Waals surface area (Å²) in [7, 11) is 3.70. The van der Waals surface area contributed by atoms with Gasteiger partial charge in [-0.1, -0.05) is 6.07 Å². The van der Waals surface area contributed by atoms with Crippen LogP contribution in [0, 0.1) is 0 Å². The molecule has 0 bridgehead atoms. The third kappa shape index (κ3) is 2.15. The van der Waals surface area contributed by atoms with Crippen molar-refractivity contribution in [3.8, 4) is 11.1 Å². The summed E-state index contributed by atoms with van der Waals surface area (Å²) in [5, 5.41) is 0. The highest BCUT2D eigenvalue weighted by atomic mass is 16.1. The van der Waals surface area contributed by atoms with Gasteiger partial charge in [-0.05, 0) is 12.1 Å². The second kappa shape index (κ2) is 4.83. The molecular weight excluding hydrogens is 228 g/mol. The number of pyridine rings is 2. The standard InChI is InChI=1S/C13H14N4O/c1-17(2)12-10(9-4-3-6-15-8-9)5-7-16-11(12)13(14)18/h3-8H,1-2H3,(H2,14,18). The first kappa shape index (κ1) is 12.0. The molecule has 0 spiro atoms. The molecule has 0 radical (unpaired) electrons. The van der Waals surface area contributed by atoms with Gasteiger partial charge in [0.25, 0.3) is 5.91 Å². The predicted octanol–water partition coefficient (Wildman–Crippen LogP) is 1.31. The Bertz CT molecular complexity index is 566. The van der Waals surface area contributed by atoms with Crippen LogP contribution in [0.1, 0.15) is 10.5 Å². The fraction of sp³-hybridized carbons (Fsp3) is 0.154. The zero-order valence-corrected chi connectivity index (χ0v) is 10.3. The number of hydrogen-bond donors (Lipinski definition) is 1. The zero-order chi connectivity index (χ0) is 13.1. The number of nitrogens with two attached hydrogens (primary N) is 1. The Morgan fingerprint density at radius 2 is 2.06 bits per heavy atom. The molecule has 0 atom stereocenters. The third-order valence-electron chi connectivity index (χ3n) is 2.58. The van der Waals surface area contributed by atoms with E-state index in [1.807, 2.05) is 37.2 Å². The number of aromatic nitrogens is 2. The summed E-state index contributed by atoms with van der Waals surface area (Å²) < 4.78 is 0. The average Bonchev–Trinajstić information content (AvgIpc) is 2.38. The number of rotatable bonds is 3. The fourth-order valence-corrected chi connectivity index (χ4v) is 1.84. The Hall–Kier alpha value is -2.43. The summed E-state index contributed by atoms with van der Waals surface area (Å²) in [6.45, 7) is 0. The molecule has 2 rings (SSSR count). The van der Waals surface area contributed by atoms with Crippen molar-refractivity contribution in [2.75, 3.05) is 19.0 Å². The minimum absolute atomic E-state index is 0.265. The summed E-state index contributed by atoms with van der Waals surface area (Å²) in [4.78, 5) is 21.4. The smallest absolute Gasteiger partial charge is 0.269 e. The Balaban J connectivity index is 2.68. The lowest BCUT2D eigenvalue weighted by molar-refractivity contribution is 0.0996. The van der Waals surface area contributed by atoms with Crippen LogP contribution in [0.5, 0.6) is 0 Å². The molecule has 0 aromatic carbocycles. The summed E-state index contributed by atoms with van der Waals surface area (Å²) >= 11 is 0. The van der Waals surface area contributed by atoms with Crippen LogP contribution in [0.2, 0.25) is 0 Å². The molecule has 5 nitrogen and oxygen atoms in total. The summed E-state index contributed by atoms with van der Waals surface area (Å²) in [6, 6.07) is 5.62. The lowest BCUT2D eigenvalue weighted by Gasteiger charge is -2.19. The Kier molecular flexibility index (Phi) is 3.23. The van der Waals surface area contributed by atoms with Crippen molar-refractivity contribution in [3.05, 3.63) is 42.5 Å². The van der Waals surface area contributed by atoms with E-state index >= 15 is 0 Å². The van der Waals surface area contributed by atoms with E-state index in [0.29, 0.717) is 5.69 Å². The van der Waals surface area contributed by atoms with E-state index in [1.165, 1.54) is 0 Å². The molecule has 0 aliphatic heterocycles. The van der Waals surface area contributed by atoms with Crippen LogP contribution in [0.15, 0.2) is 36.8 Å². The molecule has 5 heteroatoms. The highest BCUT2D eigenvalue weighted by molar-refractivity contribution is 6.00. The maximum absolute atomic E-state index is 11.4. The largest absolute Gasteiger partial charge is 0.375 e. The van der Waals surface area contributed by atoms with Crippen LogP contribution in [-0.4, -0.2) is 30.0 Å². The molecule has 0 unspecified atom stereocenters. The second-order valence-electron chi connectivity index (χ2n) is 4.06. The van der Waals surface area contributed by atoms with Gasteiger partial charge in [-0.3, -0.25) is 9.78 Å². The third-order valence-corrected chi connectivity index (χ3v) is 2.58. The van der Waals surface area contributed by atoms with Gasteiger partial charge in [0.15, 0.2) is 5.69 Å². The Morgan fingerprint density at radius 1 is 1.28 bits per heavy atom. The highest BCUT2D eigenvalue weighted by Gasteiger charge is 2.16. The average molecular weight is 242 g/mol. The monoisotopic (exact) mass is 242 g/mol. The van der Waals surface area contributed by atoms with Gasteiger partial charge in [0, 0.05) is 43.8 Å². The van der Waals surface area contributed by atoms with E-state index in [0.717, 1.165) is 11.1 Å². The molecular formula is C13H14N4O. The summed E-state index contributed by atoms with van der Waals surface area (Å²) in [5.41, 5.74) is 8.14. The number of nitrogens with zero attached hydrogens (tertiary/aromatic N) is 3. The van der Waals surface area contributed by atoms with Crippen molar-refractivity contribution >= 4 is 11.6 Å². The van der Waals surface area contributed by atoms with Crippen LogP contribution in [0.4, 0.5) is 5.69 Å². The summed E-state index contributed by atoms with van der Waals surface area (Å²) in [5.74, 6) is -0.538. The minimum atomic E-state index is -0.538. The molecule has 2 heterocycles. The molecule has 92 valence electrons. The van der Waals surface area contributed by atoms with E-state index in [-0.39, 0.29) is 5.69 Å². The molecule has 2 aromatic heterocycles. The van der Waals surface area contributed by atoms with Crippen molar-refractivity contribution in [1.29, 1.82) is 0 Å². The number of primary amides is 1. The number of amides is 1. The molecule has 0 saturated carbocycles. The van der Waals surface area contributed by atoms with Crippen molar-refractivity contribution in [1.82, 2.24) is 9.97 Å². The molecule has 0 aliphatic rings. The van der Waals surface area contributed by atoms with Crippen LogP contribution >= 0.6 is 0 Å². The van der Waals surface area contributed by atoms with E-state index in [4.69, 9.17) is 5.73 Å². The first-order valence-corrected chi connectivity index (χ1v) is 5.48. The molecule has 0 fully saturated rings. The molecule has 1 amide bonds. The van der Waals surface area contributed by atoms with Gasteiger partial charge in [0.1, 0.15) is 0 Å². The normalized spacial score (nSPS) is 10.1. The highest BCUT2D eigenvalue weighted by Crippen LogP contribution is 2.30. The van der Waals surface area contributed by atoms with Crippen LogP contribution in [-0.2, 0) is 0 Å². The number of hydrogen-bond acceptors (Lipinski definition) is 4. The van der Waals surface area contributed by atoms with Crippen molar-refractivity contribution in [2.45, 2.75) is 0 Å². The SMILES string of the molecule is CN(C)c1c(-c2cccnc2)ccnc1C(N)=O. The van der Waals surface area contributed by atoms with Crippen LogP contribution in [0.3, 0.4) is 0 Å². The van der Waals surface area contributed by atoms with Gasteiger partial charge in [-0.25, -0.2) is 4.98 Å². The molecule has 18 heavy (non-hydrogen) atoms. The number of carbonyl (C=O) groups excluding carboxylic acids is 1. The van der Waals surface area contributed by atoms with Crippen molar-refractivity contribution < 1.29 is 4.79 Å². The second-order valence-corrected chi connectivity index (χ2v) is 4.06. The number of anilines is 1. The topological polar surface area (TPSA) is 72.1 Å².